The first-order valence-corrected chi connectivity index (χ1v) is 9.08. The third kappa shape index (κ3) is 1.91. The minimum Gasteiger partial charge on any atom is -0.337 e. The summed E-state index contributed by atoms with van der Waals surface area (Å²) in [4.78, 5) is 5.34. The van der Waals surface area contributed by atoms with E-state index in [1.807, 2.05) is 0 Å². The van der Waals surface area contributed by atoms with Crippen molar-refractivity contribution in [1.29, 1.82) is 0 Å². The molecule has 0 spiro atoms. The topological polar surface area (TPSA) is 6.48 Å². The van der Waals surface area contributed by atoms with Crippen molar-refractivity contribution in [2.24, 2.45) is 0 Å². The lowest BCUT2D eigenvalue weighted by atomic mass is 9.87. The molecule has 2 aromatic rings. The summed E-state index contributed by atoms with van der Waals surface area (Å²) >= 11 is 0. The second-order valence-electron chi connectivity index (χ2n) is 7.21. The number of benzene rings is 2. The zero-order chi connectivity index (χ0) is 15.4. The fourth-order valence-corrected chi connectivity index (χ4v) is 5.01. The van der Waals surface area contributed by atoms with Crippen LogP contribution in [-0.4, -0.2) is 30.6 Å². The first-order chi connectivity index (χ1) is 11.4. The average Bonchev–Trinajstić information content (AvgIpc) is 2.83. The predicted octanol–water partition coefficient (Wildman–Crippen LogP) is 4.11. The molecule has 1 saturated heterocycles. The fourth-order valence-electron chi connectivity index (χ4n) is 5.01. The Morgan fingerprint density at radius 1 is 1.00 bits per heavy atom. The average molecular weight is 304 g/mol. The van der Waals surface area contributed by atoms with Crippen molar-refractivity contribution in [2.45, 2.75) is 38.1 Å². The first-order valence-electron chi connectivity index (χ1n) is 9.08. The SMILES string of the molecule is CCN1CC[C@@H]2[C@@H](C1)c1cccc3c1N2c1ccccc1CC3. The van der Waals surface area contributed by atoms with Gasteiger partial charge in [-0.05, 0) is 48.6 Å². The van der Waals surface area contributed by atoms with E-state index in [0.29, 0.717) is 12.0 Å². The molecule has 0 radical (unpaired) electrons. The summed E-state index contributed by atoms with van der Waals surface area (Å²) in [5.74, 6) is 0.671. The van der Waals surface area contributed by atoms with Crippen LogP contribution in [0.4, 0.5) is 11.4 Å². The Kier molecular flexibility index (Phi) is 3.02. The van der Waals surface area contributed by atoms with Gasteiger partial charge in [-0.1, -0.05) is 43.3 Å². The lowest BCUT2D eigenvalue weighted by Gasteiger charge is -2.39. The number of hydrogen-bond acceptors (Lipinski definition) is 2. The van der Waals surface area contributed by atoms with Crippen molar-refractivity contribution < 1.29 is 0 Å². The monoisotopic (exact) mass is 304 g/mol. The third-order valence-electron chi connectivity index (χ3n) is 6.15. The van der Waals surface area contributed by atoms with Gasteiger partial charge in [0, 0.05) is 36.4 Å². The van der Waals surface area contributed by atoms with Crippen LogP contribution in [-0.2, 0) is 12.8 Å². The van der Waals surface area contributed by atoms with Gasteiger partial charge >= 0.3 is 0 Å². The zero-order valence-electron chi connectivity index (χ0n) is 13.8. The van der Waals surface area contributed by atoms with Gasteiger partial charge < -0.3 is 9.80 Å². The molecule has 0 unspecified atom stereocenters. The molecule has 1 fully saturated rings. The molecule has 3 aliphatic rings. The minimum atomic E-state index is 0.646. The van der Waals surface area contributed by atoms with E-state index in [4.69, 9.17) is 0 Å². The molecule has 5 rings (SSSR count). The molecule has 2 atom stereocenters. The molecule has 118 valence electrons. The highest BCUT2D eigenvalue weighted by Crippen LogP contribution is 2.52. The van der Waals surface area contributed by atoms with Crippen LogP contribution < -0.4 is 4.90 Å². The van der Waals surface area contributed by atoms with Crippen LogP contribution in [0.3, 0.4) is 0 Å². The summed E-state index contributed by atoms with van der Waals surface area (Å²) in [6.45, 7) is 5.92. The highest BCUT2D eigenvalue weighted by molar-refractivity contribution is 5.79. The molecule has 3 aliphatic heterocycles. The van der Waals surface area contributed by atoms with Gasteiger partial charge in [0.25, 0.3) is 0 Å². The highest BCUT2D eigenvalue weighted by atomic mass is 15.2. The molecule has 0 saturated carbocycles. The van der Waals surface area contributed by atoms with Crippen molar-refractivity contribution in [3.05, 3.63) is 59.2 Å². The molecule has 23 heavy (non-hydrogen) atoms. The van der Waals surface area contributed by atoms with Gasteiger partial charge in [0.2, 0.25) is 0 Å². The summed E-state index contributed by atoms with van der Waals surface area (Å²) in [6.07, 6.45) is 3.62. The quantitative estimate of drug-likeness (QED) is 0.782. The number of nitrogens with zero attached hydrogens (tertiary/aromatic N) is 2. The van der Waals surface area contributed by atoms with Crippen LogP contribution >= 0.6 is 0 Å². The van der Waals surface area contributed by atoms with Gasteiger partial charge in [-0.2, -0.15) is 0 Å². The number of hydrogen-bond donors (Lipinski definition) is 0. The van der Waals surface area contributed by atoms with Gasteiger partial charge in [-0.15, -0.1) is 0 Å². The van der Waals surface area contributed by atoms with E-state index in [-0.39, 0.29) is 0 Å². The van der Waals surface area contributed by atoms with Crippen LogP contribution in [0, 0.1) is 0 Å². The van der Waals surface area contributed by atoms with Gasteiger partial charge in [-0.25, -0.2) is 0 Å². The lowest BCUT2D eigenvalue weighted by Crippen LogP contribution is -2.44. The second kappa shape index (κ2) is 5.10. The summed E-state index contributed by atoms with van der Waals surface area (Å²) in [5, 5.41) is 0. The summed E-state index contributed by atoms with van der Waals surface area (Å²) in [6, 6.07) is 16.8. The van der Waals surface area contributed by atoms with Crippen molar-refractivity contribution in [1.82, 2.24) is 4.90 Å². The molecule has 2 heteroatoms. The van der Waals surface area contributed by atoms with Crippen molar-refractivity contribution in [3.8, 4) is 0 Å². The maximum atomic E-state index is 2.71. The van der Waals surface area contributed by atoms with Crippen LogP contribution in [0.15, 0.2) is 42.5 Å². The number of fused-ring (bicyclic) bond motifs is 5. The Hall–Kier alpha value is -1.80. The Morgan fingerprint density at radius 2 is 1.83 bits per heavy atom. The number of anilines is 2. The largest absolute Gasteiger partial charge is 0.337 e. The van der Waals surface area contributed by atoms with Gasteiger partial charge in [0.15, 0.2) is 0 Å². The minimum absolute atomic E-state index is 0.646. The van der Waals surface area contributed by atoms with Crippen LogP contribution in [0.25, 0.3) is 0 Å². The number of aryl methyl sites for hydroxylation is 2. The Labute approximate surface area is 138 Å². The highest BCUT2D eigenvalue weighted by Gasteiger charge is 2.44. The van der Waals surface area contributed by atoms with Crippen LogP contribution in [0.2, 0.25) is 0 Å². The molecular weight excluding hydrogens is 280 g/mol. The molecule has 0 amide bonds. The van der Waals surface area contributed by atoms with E-state index in [2.05, 4.69) is 59.2 Å². The normalized spacial score (nSPS) is 25.5. The number of para-hydroxylation sites is 2. The molecule has 0 aliphatic carbocycles. The maximum absolute atomic E-state index is 2.71. The Balaban J connectivity index is 1.70. The second-order valence-corrected chi connectivity index (χ2v) is 7.21. The van der Waals surface area contributed by atoms with Crippen LogP contribution in [0.1, 0.15) is 36.0 Å². The van der Waals surface area contributed by atoms with E-state index in [0.717, 1.165) is 0 Å². The van der Waals surface area contributed by atoms with Gasteiger partial charge in [0.1, 0.15) is 0 Å². The van der Waals surface area contributed by atoms with Crippen LogP contribution in [0.5, 0.6) is 0 Å². The van der Waals surface area contributed by atoms with E-state index >= 15 is 0 Å². The van der Waals surface area contributed by atoms with Crippen molar-refractivity contribution >= 4 is 11.4 Å². The molecule has 3 heterocycles. The lowest BCUT2D eigenvalue weighted by molar-refractivity contribution is 0.206. The summed E-state index contributed by atoms with van der Waals surface area (Å²) < 4.78 is 0. The standard InChI is InChI=1S/C21H24N2/c1-2-22-13-12-20-18(14-22)17-8-5-7-16-11-10-15-6-3-4-9-19(15)23(20)21(16)17/h3-9,18,20H,2,10-14H2,1H3/t18-,20+/m0/s1. The molecule has 2 aromatic carbocycles. The summed E-state index contributed by atoms with van der Waals surface area (Å²) in [7, 11) is 0. The molecule has 0 N–H and O–H groups in total. The molecule has 0 bridgehead atoms. The van der Waals surface area contributed by atoms with Gasteiger partial charge in [-0.3, -0.25) is 0 Å². The third-order valence-corrected chi connectivity index (χ3v) is 6.15. The number of piperidine rings is 1. The predicted molar refractivity (Wildman–Crippen MR) is 95.7 cm³/mol. The van der Waals surface area contributed by atoms with E-state index in [1.165, 1.54) is 50.1 Å². The van der Waals surface area contributed by atoms with E-state index in [1.54, 1.807) is 16.8 Å². The first kappa shape index (κ1) is 13.6. The van der Waals surface area contributed by atoms with Crippen molar-refractivity contribution in [2.75, 3.05) is 24.5 Å². The number of likely N-dealkylation sites (tertiary alicyclic amines) is 1. The Bertz CT molecular complexity index is 751. The van der Waals surface area contributed by atoms with Gasteiger partial charge in [0.05, 0.1) is 0 Å². The number of rotatable bonds is 1. The zero-order valence-corrected chi connectivity index (χ0v) is 13.8. The van der Waals surface area contributed by atoms with E-state index in [9.17, 15) is 0 Å². The fraction of sp³-hybridized carbons (Fsp3) is 0.429. The molecule has 2 nitrogen and oxygen atoms in total. The summed E-state index contributed by atoms with van der Waals surface area (Å²) in [5.41, 5.74) is 7.69. The number of likely N-dealkylation sites (N-methyl/N-ethyl adjacent to an activating group) is 1. The smallest absolute Gasteiger partial charge is 0.0483 e. The van der Waals surface area contributed by atoms with E-state index < -0.39 is 0 Å². The van der Waals surface area contributed by atoms with Crippen molar-refractivity contribution in [3.63, 3.8) is 0 Å². The molecular formula is C21H24N2. The Morgan fingerprint density at radius 3 is 2.74 bits per heavy atom. The maximum Gasteiger partial charge on any atom is 0.0483 e. The molecule has 0 aromatic heterocycles.